The van der Waals surface area contributed by atoms with Gasteiger partial charge in [-0.3, -0.25) is 5.32 Å². The molecular weight excluding hydrogens is 288 g/mol. The first-order valence-corrected chi connectivity index (χ1v) is 8.64. The molecule has 1 aromatic rings. The van der Waals surface area contributed by atoms with Crippen LogP contribution in [-0.4, -0.2) is 17.7 Å². The first kappa shape index (κ1) is 17.8. The van der Waals surface area contributed by atoms with Crippen LogP contribution in [0.25, 0.3) is 0 Å². The van der Waals surface area contributed by atoms with Gasteiger partial charge in [-0.25, -0.2) is 4.79 Å². The molecule has 1 saturated carbocycles. The lowest BCUT2D eigenvalue weighted by Gasteiger charge is -2.23. The standard InChI is InChI=1S/C19H30N2O2/c1-6-17(15-7-8-15)20-13(2)14-9-11-16(12-10-14)21-18(22)23-19(3,4)5/h9-13,15,17,20H,6-8H2,1-5H3,(H,21,22). The van der Waals surface area contributed by atoms with Crippen LogP contribution in [0, 0.1) is 5.92 Å². The van der Waals surface area contributed by atoms with E-state index in [0.717, 1.165) is 11.6 Å². The van der Waals surface area contributed by atoms with Crippen LogP contribution in [0.4, 0.5) is 10.5 Å². The summed E-state index contributed by atoms with van der Waals surface area (Å²) in [6.07, 6.45) is 3.47. The number of benzene rings is 1. The summed E-state index contributed by atoms with van der Waals surface area (Å²) < 4.78 is 5.26. The van der Waals surface area contributed by atoms with Gasteiger partial charge in [0.15, 0.2) is 0 Å². The quantitative estimate of drug-likeness (QED) is 0.786. The molecule has 0 heterocycles. The highest BCUT2D eigenvalue weighted by Crippen LogP contribution is 2.35. The summed E-state index contributed by atoms with van der Waals surface area (Å²) in [7, 11) is 0. The van der Waals surface area contributed by atoms with Crippen molar-refractivity contribution in [2.75, 3.05) is 5.32 Å². The van der Waals surface area contributed by atoms with Crippen molar-refractivity contribution >= 4 is 11.8 Å². The number of nitrogens with one attached hydrogen (secondary N) is 2. The number of carbonyl (C=O) groups excluding carboxylic acids is 1. The molecule has 0 bridgehead atoms. The summed E-state index contributed by atoms with van der Waals surface area (Å²) in [6.45, 7) is 10.0. The molecule has 1 aromatic carbocycles. The lowest BCUT2D eigenvalue weighted by molar-refractivity contribution is 0.0636. The molecule has 1 aliphatic carbocycles. The van der Waals surface area contributed by atoms with Gasteiger partial charge < -0.3 is 10.1 Å². The molecule has 2 atom stereocenters. The fourth-order valence-electron chi connectivity index (χ4n) is 2.78. The number of amides is 1. The van der Waals surface area contributed by atoms with Gasteiger partial charge in [-0.2, -0.15) is 0 Å². The predicted molar refractivity (Wildman–Crippen MR) is 94.7 cm³/mol. The Hall–Kier alpha value is -1.55. The number of hydrogen-bond acceptors (Lipinski definition) is 3. The third-order valence-electron chi connectivity index (χ3n) is 4.15. The SMILES string of the molecule is CCC(NC(C)c1ccc(NC(=O)OC(C)(C)C)cc1)C1CC1. The molecule has 2 unspecified atom stereocenters. The fourth-order valence-corrected chi connectivity index (χ4v) is 2.78. The topological polar surface area (TPSA) is 50.4 Å². The van der Waals surface area contributed by atoms with Gasteiger partial charge in [-0.15, -0.1) is 0 Å². The smallest absolute Gasteiger partial charge is 0.412 e. The average molecular weight is 318 g/mol. The number of hydrogen-bond donors (Lipinski definition) is 2. The molecule has 4 heteroatoms. The number of carbonyl (C=O) groups is 1. The summed E-state index contributed by atoms with van der Waals surface area (Å²) in [5.74, 6) is 0.857. The summed E-state index contributed by atoms with van der Waals surface area (Å²) in [6, 6.07) is 8.90. The molecule has 23 heavy (non-hydrogen) atoms. The molecule has 0 spiro atoms. The lowest BCUT2D eigenvalue weighted by atomic mass is 10.0. The van der Waals surface area contributed by atoms with E-state index in [1.807, 2.05) is 32.9 Å². The van der Waals surface area contributed by atoms with E-state index in [9.17, 15) is 4.79 Å². The van der Waals surface area contributed by atoms with Crippen molar-refractivity contribution in [3.63, 3.8) is 0 Å². The summed E-state index contributed by atoms with van der Waals surface area (Å²) in [4.78, 5) is 11.8. The normalized spacial score (nSPS) is 17.4. The maximum atomic E-state index is 11.8. The Balaban J connectivity index is 1.89. The van der Waals surface area contributed by atoms with Crippen molar-refractivity contribution in [3.05, 3.63) is 29.8 Å². The first-order chi connectivity index (χ1) is 10.8. The Bertz CT molecular complexity index is 515. The summed E-state index contributed by atoms with van der Waals surface area (Å²) >= 11 is 0. The van der Waals surface area contributed by atoms with Gasteiger partial charge >= 0.3 is 6.09 Å². The summed E-state index contributed by atoms with van der Waals surface area (Å²) in [5, 5.41) is 6.49. The summed E-state index contributed by atoms with van der Waals surface area (Å²) in [5.41, 5.74) is 1.50. The van der Waals surface area contributed by atoms with Gasteiger partial charge in [0, 0.05) is 17.8 Å². The molecule has 128 valence electrons. The maximum Gasteiger partial charge on any atom is 0.412 e. The van der Waals surface area contributed by atoms with Crippen LogP contribution >= 0.6 is 0 Å². The molecule has 0 radical (unpaired) electrons. The Labute approximate surface area is 140 Å². The van der Waals surface area contributed by atoms with Crippen LogP contribution in [0.1, 0.15) is 65.5 Å². The van der Waals surface area contributed by atoms with E-state index >= 15 is 0 Å². The zero-order valence-corrected chi connectivity index (χ0v) is 15.0. The van der Waals surface area contributed by atoms with Crippen molar-refractivity contribution < 1.29 is 9.53 Å². The van der Waals surface area contributed by atoms with E-state index in [-0.39, 0.29) is 0 Å². The van der Waals surface area contributed by atoms with Crippen molar-refractivity contribution in [1.29, 1.82) is 0 Å². The van der Waals surface area contributed by atoms with E-state index in [2.05, 4.69) is 36.6 Å². The zero-order valence-electron chi connectivity index (χ0n) is 15.0. The molecule has 1 amide bonds. The molecular formula is C19H30N2O2. The molecule has 2 N–H and O–H groups in total. The molecule has 2 rings (SSSR count). The average Bonchev–Trinajstić information content (AvgIpc) is 3.27. The van der Waals surface area contributed by atoms with Crippen LogP contribution in [0.15, 0.2) is 24.3 Å². The second kappa shape index (κ2) is 7.35. The van der Waals surface area contributed by atoms with Crippen LogP contribution in [0.2, 0.25) is 0 Å². The number of anilines is 1. The van der Waals surface area contributed by atoms with Gasteiger partial charge in [0.25, 0.3) is 0 Å². The van der Waals surface area contributed by atoms with E-state index in [1.54, 1.807) is 0 Å². The Morgan fingerprint density at radius 1 is 1.26 bits per heavy atom. The van der Waals surface area contributed by atoms with Crippen LogP contribution < -0.4 is 10.6 Å². The number of rotatable bonds is 6. The van der Waals surface area contributed by atoms with Crippen LogP contribution in [-0.2, 0) is 4.74 Å². The van der Waals surface area contributed by atoms with Gasteiger partial charge in [0.2, 0.25) is 0 Å². The minimum atomic E-state index is -0.486. The molecule has 0 aliphatic heterocycles. The van der Waals surface area contributed by atoms with E-state index < -0.39 is 11.7 Å². The minimum absolute atomic E-state index is 0.316. The van der Waals surface area contributed by atoms with Crippen LogP contribution in [0.3, 0.4) is 0 Å². The number of ether oxygens (including phenoxy) is 1. The molecule has 1 aliphatic rings. The van der Waals surface area contributed by atoms with Crippen molar-refractivity contribution in [2.45, 2.75) is 71.6 Å². The Kier molecular flexibility index (Phi) is 5.69. The fraction of sp³-hybridized carbons (Fsp3) is 0.632. The van der Waals surface area contributed by atoms with Crippen molar-refractivity contribution in [3.8, 4) is 0 Å². The third kappa shape index (κ3) is 5.87. The van der Waals surface area contributed by atoms with Crippen LogP contribution in [0.5, 0.6) is 0 Å². The van der Waals surface area contributed by atoms with Gasteiger partial charge in [0.1, 0.15) is 5.60 Å². The Morgan fingerprint density at radius 3 is 2.35 bits per heavy atom. The second-order valence-electron chi connectivity index (χ2n) is 7.49. The largest absolute Gasteiger partial charge is 0.444 e. The van der Waals surface area contributed by atoms with Gasteiger partial charge in [-0.1, -0.05) is 19.1 Å². The molecule has 0 saturated heterocycles. The highest BCUT2D eigenvalue weighted by molar-refractivity contribution is 5.84. The second-order valence-corrected chi connectivity index (χ2v) is 7.49. The van der Waals surface area contributed by atoms with E-state index in [4.69, 9.17) is 4.74 Å². The van der Waals surface area contributed by atoms with Crippen molar-refractivity contribution in [2.24, 2.45) is 5.92 Å². The Morgan fingerprint density at radius 2 is 1.87 bits per heavy atom. The molecule has 0 aromatic heterocycles. The van der Waals surface area contributed by atoms with Crippen molar-refractivity contribution in [1.82, 2.24) is 5.32 Å². The van der Waals surface area contributed by atoms with E-state index in [0.29, 0.717) is 12.1 Å². The first-order valence-electron chi connectivity index (χ1n) is 8.64. The molecule has 4 nitrogen and oxygen atoms in total. The maximum absolute atomic E-state index is 11.8. The van der Waals surface area contributed by atoms with E-state index in [1.165, 1.54) is 24.8 Å². The highest BCUT2D eigenvalue weighted by atomic mass is 16.6. The minimum Gasteiger partial charge on any atom is -0.444 e. The monoisotopic (exact) mass is 318 g/mol. The zero-order chi connectivity index (χ0) is 17.0. The third-order valence-corrected chi connectivity index (χ3v) is 4.15. The lowest BCUT2D eigenvalue weighted by Crippen LogP contribution is -2.32. The molecule has 1 fully saturated rings. The predicted octanol–water partition coefficient (Wildman–Crippen LogP) is 4.87. The highest BCUT2D eigenvalue weighted by Gasteiger charge is 2.30. The van der Waals surface area contributed by atoms with Gasteiger partial charge in [-0.05, 0) is 70.6 Å². The van der Waals surface area contributed by atoms with Gasteiger partial charge in [0.05, 0.1) is 0 Å².